The molecule has 4 nitrogen and oxygen atoms in total. The Bertz CT molecular complexity index is 858. The zero-order valence-electron chi connectivity index (χ0n) is 14.8. The van der Waals surface area contributed by atoms with Crippen molar-refractivity contribution in [2.75, 3.05) is 13.1 Å². The standard InChI is InChI=1S/C20H24N2O2S/c1-16-6-10-18(11-7-16)20(23)21-25(24,22-14-4-3-5-15-22)19-12-8-17(2)9-13-19/h6-13H,3-5,14-15H2,1-2H3. The highest BCUT2D eigenvalue weighted by Crippen LogP contribution is 2.24. The average molecular weight is 356 g/mol. The van der Waals surface area contributed by atoms with Crippen LogP contribution in [-0.2, 0) is 9.92 Å². The maximum Gasteiger partial charge on any atom is 0.286 e. The smallest absolute Gasteiger partial charge is 0.266 e. The predicted molar refractivity (Wildman–Crippen MR) is 101 cm³/mol. The first-order valence-corrected chi connectivity index (χ1v) is 10.2. The lowest BCUT2D eigenvalue weighted by atomic mass is 10.1. The van der Waals surface area contributed by atoms with Crippen molar-refractivity contribution in [2.24, 2.45) is 4.36 Å². The molecule has 25 heavy (non-hydrogen) atoms. The number of carbonyl (C=O) groups excluding carboxylic acids is 1. The van der Waals surface area contributed by atoms with E-state index in [1.165, 1.54) is 0 Å². The Morgan fingerprint density at radius 3 is 1.96 bits per heavy atom. The van der Waals surface area contributed by atoms with Crippen LogP contribution in [-0.4, -0.2) is 27.5 Å². The summed E-state index contributed by atoms with van der Waals surface area (Å²) in [5.74, 6) is -0.420. The lowest BCUT2D eigenvalue weighted by Crippen LogP contribution is -2.36. The fraction of sp³-hybridized carbons (Fsp3) is 0.350. The molecule has 2 aromatic carbocycles. The van der Waals surface area contributed by atoms with Gasteiger partial charge in [0.1, 0.15) is 9.92 Å². The van der Waals surface area contributed by atoms with E-state index in [4.69, 9.17) is 0 Å². The summed E-state index contributed by atoms with van der Waals surface area (Å²) in [6.07, 6.45) is 3.10. The molecule has 132 valence electrons. The van der Waals surface area contributed by atoms with Crippen molar-refractivity contribution in [3.8, 4) is 0 Å². The Morgan fingerprint density at radius 2 is 1.40 bits per heavy atom. The second-order valence-electron chi connectivity index (χ2n) is 6.56. The SMILES string of the molecule is Cc1ccc(C(=O)N=S(=O)(c2ccc(C)cc2)N2CCCCC2)cc1. The number of piperidine rings is 1. The molecule has 0 radical (unpaired) electrons. The molecule has 0 N–H and O–H groups in total. The van der Waals surface area contributed by atoms with Crippen LogP contribution in [0.3, 0.4) is 0 Å². The number of benzene rings is 2. The van der Waals surface area contributed by atoms with Gasteiger partial charge in [0.05, 0.1) is 4.90 Å². The van der Waals surface area contributed by atoms with E-state index in [1.807, 2.05) is 54.6 Å². The summed E-state index contributed by atoms with van der Waals surface area (Å²) in [5.41, 5.74) is 2.64. The van der Waals surface area contributed by atoms with E-state index >= 15 is 0 Å². The lowest BCUT2D eigenvalue weighted by molar-refractivity contribution is 0.100. The second kappa shape index (κ2) is 7.50. The highest BCUT2D eigenvalue weighted by molar-refractivity contribution is 7.91. The first kappa shape index (κ1) is 17.8. The molecule has 0 bridgehead atoms. The molecule has 2 aromatic rings. The normalized spacial score (nSPS) is 17.7. The van der Waals surface area contributed by atoms with E-state index in [0.29, 0.717) is 23.5 Å². The van der Waals surface area contributed by atoms with E-state index in [2.05, 4.69) is 4.36 Å². The van der Waals surface area contributed by atoms with Crippen LogP contribution in [0.2, 0.25) is 0 Å². The molecule has 1 unspecified atom stereocenters. The van der Waals surface area contributed by atoms with Gasteiger partial charge in [0.25, 0.3) is 5.91 Å². The summed E-state index contributed by atoms with van der Waals surface area (Å²) >= 11 is 0. The van der Waals surface area contributed by atoms with Crippen LogP contribution in [0.1, 0.15) is 40.7 Å². The summed E-state index contributed by atoms with van der Waals surface area (Å²) in [5, 5.41) is 0. The van der Waals surface area contributed by atoms with Crippen LogP contribution in [0.5, 0.6) is 0 Å². The van der Waals surface area contributed by atoms with Crippen molar-refractivity contribution in [1.29, 1.82) is 0 Å². The van der Waals surface area contributed by atoms with Crippen LogP contribution in [0, 0.1) is 13.8 Å². The first-order valence-electron chi connectivity index (χ1n) is 8.69. The van der Waals surface area contributed by atoms with Gasteiger partial charge < -0.3 is 0 Å². The van der Waals surface area contributed by atoms with Gasteiger partial charge in [-0.15, -0.1) is 4.36 Å². The van der Waals surface area contributed by atoms with Crippen molar-refractivity contribution in [3.05, 3.63) is 65.2 Å². The second-order valence-corrected chi connectivity index (χ2v) is 8.73. The van der Waals surface area contributed by atoms with Gasteiger partial charge in [-0.2, -0.15) is 0 Å². The maximum atomic E-state index is 13.8. The first-order chi connectivity index (χ1) is 12.0. The number of nitrogens with zero attached hydrogens (tertiary/aromatic N) is 2. The fourth-order valence-electron chi connectivity index (χ4n) is 2.95. The fourth-order valence-corrected chi connectivity index (χ4v) is 5.04. The highest BCUT2D eigenvalue weighted by Gasteiger charge is 2.26. The van der Waals surface area contributed by atoms with Gasteiger partial charge in [0, 0.05) is 18.7 Å². The third kappa shape index (κ3) is 3.99. The monoisotopic (exact) mass is 356 g/mol. The van der Waals surface area contributed by atoms with Gasteiger partial charge in [-0.25, -0.2) is 8.51 Å². The van der Waals surface area contributed by atoms with Crippen molar-refractivity contribution in [3.63, 3.8) is 0 Å². The Kier molecular flexibility index (Phi) is 5.35. The molecular weight excluding hydrogens is 332 g/mol. The van der Waals surface area contributed by atoms with Crippen LogP contribution >= 0.6 is 0 Å². The topological polar surface area (TPSA) is 49.7 Å². The molecule has 1 aliphatic rings. The molecular formula is C20H24N2O2S. The minimum atomic E-state index is -2.93. The summed E-state index contributed by atoms with van der Waals surface area (Å²) in [6.45, 7) is 5.37. The van der Waals surface area contributed by atoms with Crippen LogP contribution < -0.4 is 0 Å². The summed E-state index contributed by atoms with van der Waals surface area (Å²) in [6, 6.07) is 14.7. The molecule has 0 spiro atoms. The minimum absolute atomic E-state index is 0.420. The number of amides is 1. The molecule has 0 aromatic heterocycles. The number of hydrogen-bond donors (Lipinski definition) is 0. The van der Waals surface area contributed by atoms with Gasteiger partial charge in [0.15, 0.2) is 0 Å². The summed E-state index contributed by atoms with van der Waals surface area (Å²) in [4.78, 5) is 13.3. The quantitative estimate of drug-likeness (QED) is 0.820. The molecule has 1 saturated heterocycles. The lowest BCUT2D eigenvalue weighted by Gasteiger charge is -2.29. The summed E-state index contributed by atoms with van der Waals surface area (Å²) < 4.78 is 20.0. The summed E-state index contributed by atoms with van der Waals surface area (Å²) in [7, 11) is -2.93. The van der Waals surface area contributed by atoms with E-state index < -0.39 is 15.8 Å². The molecule has 1 heterocycles. The van der Waals surface area contributed by atoms with E-state index in [9.17, 15) is 9.00 Å². The van der Waals surface area contributed by atoms with Gasteiger partial charge in [-0.05, 0) is 51.0 Å². The number of hydrogen-bond acceptors (Lipinski definition) is 2. The van der Waals surface area contributed by atoms with Crippen LogP contribution in [0.25, 0.3) is 0 Å². The number of aryl methyl sites for hydroxylation is 2. The molecule has 0 saturated carbocycles. The van der Waals surface area contributed by atoms with E-state index in [-0.39, 0.29) is 0 Å². The highest BCUT2D eigenvalue weighted by atomic mass is 32.2. The Hall–Kier alpha value is -1.98. The molecule has 3 rings (SSSR count). The Morgan fingerprint density at radius 1 is 0.880 bits per heavy atom. The average Bonchev–Trinajstić information content (AvgIpc) is 2.63. The zero-order chi connectivity index (χ0) is 17.9. The van der Waals surface area contributed by atoms with Crippen molar-refractivity contribution >= 4 is 15.8 Å². The zero-order valence-corrected chi connectivity index (χ0v) is 15.6. The minimum Gasteiger partial charge on any atom is -0.266 e. The maximum absolute atomic E-state index is 13.8. The van der Waals surface area contributed by atoms with Gasteiger partial charge >= 0.3 is 0 Å². The van der Waals surface area contributed by atoms with Crippen molar-refractivity contribution in [2.45, 2.75) is 38.0 Å². The largest absolute Gasteiger partial charge is 0.286 e. The van der Waals surface area contributed by atoms with E-state index in [1.54, 1.807) is 12.1 Å². The predicted octanol–water partition coefficient (Wildman–Crippen LogP) is 4.37. The molecule has 1 aliphatic heterocycles. The number of rotatable bonds is 3. The third-order valence-electron chi connectivity index (χ3n) is 4.50. The van der Waals surface area contributed by atoms with Crippen LogP contribution in [0.15, 0.2) is 57.8 Å². The van der Waals surface area contributed by atoms with Gasteiger partial charge in [0.2, 0.25) is 0 Å². The van der Waals surface area contributed by atoms with Crippen LogP contribution in [0.4, 0.5) is 0 Å². The molecule has 1 atom stereocenters. The number of carbonyl (C=O) groups is 1. The van der Waals surface area contributed by atoms with Crippen molar-refractivity contribution < 1.29 is 9.00 Å². The molecule has 0 aliphatic carbocycles. The van der Waals surface area contributed by atoms with Gasteiger partial charge in [-0.1, -0.05) is 41.8 Å². The Balaban J connectivity index is 2.06. The van der Waals surface area contributed by atoms with Gasteiger partial charge in [-0.3, -0.25) is 4.79 Å². The molecule has 1 amide bonds. The molecule has 5 heteroatoms. The molecule has 1 fully saturated rings. The Labute approximate surface area is 150 Å². The van der Waals surface area contributed by atoms with Crippen molar-refractivity contribution in [1.82, 2.24) is 4.31 Å². The third-order valence-corrected chi connectivity index (χ3v) is 6.86. The van der Waals surface area contributed by atoms with E-state index in [0.717, 1.165) is 30.4 Å².